The third-order valence-electron chi connectivity index (χ3n) is 3.20. The molecule has 1 atom stereocenters. The minimum Gasteiger partial charge on any atom is -0.379 e. The number of ether oxygens (including phenoxy) is 1. The first kappa shape index (κ1) is 17.1. The number of halogens is 1. The number of hydrogen-bond donors (Lipinski definition) is 1. The minimum atomic E-state index is -0.180. The van der Waals surface area contributed by atoms with Crippen LogP contribution < -0.4 is 5.32 Å². The van der Waals surface area contributed by atoms with Crippen LogP contribution >= 0.6 is 0 Å². The van der Waals surface area contributed by atoms with Gasteiger partial charge in [0.2, 0.25) is 0 Å². The molecule has 0 spiro atoms. The van der Waals surface area contributed by atoms with Gasteiger partial charge in [0.25, 0.3) is 0 Å². The maximum Gasteiger partial charge on any atom is 0.123 e. The smallest absolute Gasteiger partial charge is 0.123 e. The van der Waals surface area contributed by atoms with Gasteiger partial charge < -0.3 is 10.1 Å². The monoisotopic (exact) mass is 281 g/mol. The molecule has 0 heterocycles. The fourth-order valence-electron chi connectivity index (χ4n) is 2.11. The highest BCUT2D eigenvalue weighted by Gasteiger charge is 2.12. The normalized spacial score (nSPS) is 13.2. The van der Waals surface area contributed by atoms with Gasteiger partial charge in [-0.25, -0.2) is 4.39 Å². The third-order valence-corrected chi connectivity index (χ3v) is 3.20. The van der Waals surface area contributed by atoms with E-state index in [-0.39, 0.29) is 11.9 Å². The Kier molecular flexibility index (Phi) is 7.78. The summed E-state index contributed by atoms with van der Waals surface area (Å²) in [5.41, 5.74) is 1.18. The summed E-state index contributed by atoms with van der Waals surface area (Å²) in [5.74, 6) is 0.824. The summed E-state index contributed by atoms with van der Waals surface area (Å²) >= 11 is 0. The lowest BCUT2D eigenvalue weighted by Gasteiger charge is -2.20. The lowest BCUT2D eigenvalue weighted by atomic mass is 9.95. The average molecular weight is 281 g/mol. The molecule has 2 nitrogen and oxygen atoms in total. The highest BCUT2D eigenvalue weighted by molar-refractivity contribution is 5.20. The summed E-state index contributed by atoms with van der Waals surface area (Å²) < 4.78 is 18.7. The number of rotatable bonds is 9. The molecule has 0 aliphatic carbocycles. The molecular weight excluding hydrogens is 253 g/mol. The highest BCUT2D eigenvalue weighted by Crippen LogP contribution is 2.20. The lowest BCUT2D eigenvalue weighted by molar-refractivity contribution is 0.0732. The first-order chi connectivity index (χ1) is 9.49. The molecule has 0 bridgehead atoms. The van der Waals surface area contributed by atoms with Gasteiger partial charge in [-0.2, -0.15) is 0 Å². The van der Waals surface area contributed by atoms with E-state index in [9.17, 15) is 4.39 Å². The zero-order valence-electron chi connectivity index (χ0n) is 13.2. The molecule has 1 aromatic carbocycles. The largest absolute Gasteiger partial charge is 0.379 e. The Morgan fingerprint density at radius 2 is 1.70 bits per heavy atom. The number of hydrogen-bond acceptors (Lipinski definition) is 2. The van der Waals surface area contributed by atoms with Gasteiger partial charge in [-0.05, 0) is 56.3 Å². The van der Waals surface area contributed by atoms with E-state index in [0.29, 0.717) is 11.8 Å². The van der Waals surface area contributed by atoms with Crippen molar-refractivity contribution in [3.63, 3.8) is 0 Å². The van der Waals surface area contributed by atoms with Crippen LogP contribution in [0.1, 0.15) is 45.6 Å². The minimum absolute atomic E-state index is 0.180. The summed E-state index contributed by atoms with van der Waals surface area (Å²) in [4.78, 5) is 0. The molecule has 0 radical (unpaired) electrons. The fraction of sp³-hybridized carbons (Fsp3) is 0.647. The van der Waals surface area contributed by atoms with Crippen LogP contribution in [0.2, 0.25) is 0 Å². The van der Waals surface area contributed by atoms with Gasteiger partial charge in [0.05, 0.1) is 6.10 Å². The second kappa shape index (κ2) is 9.09. The Bertz CT molecular complexity index is 348. The maximum atomic E-state index is 13.0. The van der Waals surface area contributed by atoms with Crippen LogP contribution in [0, 0.1) is 11.7 Å². The first-order valence-corrected chi connectivity index (χ1v) is 7.56. The van der Waals surface area contributed by atoms with Crippen molar-refractivity contribution in [3.8, 4) is 0 Å². The van der Waals surface area contributed by atoms with Crippen molar-refractivity contribution in [3.05, 3.63) is 35.6 Å². The van der Waals surface area contributed by atoms with Crippen LogP contribution in [0.25, 0.3) is 0 Å². The quantitative estimate of drug-likeness (QED) is 0.739. The molecule has 3 heteroatoms. The van der Waals surface area contributed by atoms with Gasteiger partial charge in [-0.15, -0.1) is 0 Å². The number of benzene rings is 1. The van der Waals surface area contributed by atoms with Crippen molar-refractivity contribution in [2.24, 2.45) is 5.92 Å². The summed E-state index contributed by atoms with van der Waals surface area (Å²) in [6, 6.07) is 6.83. The van der Waals surface area contributed by atoms with E-state index in [1.807, 2.05) is 26.0 Å². The predicted molar refractivity (Wildman–Crippen MR) is 82.6 cm³/mol. The number of nitrogens with one attached hydrogen (secondary N) is 1. The molecule has 1 unspecified atom stereocenters. The highest BCUT2D eigenvalue weighted by atomic mass is 19.1. The third kappa shape index (κ3) is 7.01. The van der Waals surface area contributed by atoms with Gasteiger partial charge in [0, 0.05) is 13.2 Å². The second-order valence-corrected chi connectivity index (χ2v) is 6.01. The van der Waals surface area contributed by atoms with Crippen molar-refractivity contribution >= 4 is 0 Å². The standard InChI is InChI=1S/C17H28FNO/c1-13(2)11-19-12-16(9-10-20-14(3)4)15-5-7-17(18)8-6-15/h5-8,13-14,16,19H,9-12H2,1-4H3. The second-order valence-electron chi connectivity index (χ2n) is 6.01. The van der Waals surface area contributed by atoms with E-state index in [2.05, 4.69) is 19.2 Å². The molecule has 1 rings (SSSR count). The Hall–Kier alpha value is -0.930. The van der Waals surface area contributed by atoms with Crippen molar-refractivity contribution in [2.45, 2.75) is 46.1 Å². The summed E-state index contributed by atoms with van der Waals surface area (Å²) in [6.07, 6.45) is 1.21. The van der Waals surface area contributed by atoms with Crippen molar-refractivity contribution < 1.29 is 9.13 Å². The lowest BCUT2D eigenvalue weighted by Crippen LogP contribution is -2.26. The van der Waals surface area contributed by atoms with E-state index < -0.39 is 0 Å². The molecular formula is C17H28FNO. The Balaban J connectivity index is 2.55. The molecule has 0 saturated carbocycles. The Labute approximate surface area is 122 Å². The zero-order chi connectivity index (χ0) is 15.0. The zero-order valence-corrected chi connectivity index (χ0v) is 13.2. The van der Waals surface area contributed by atoms with Crippen molar-refractivity contribution in [1.82, 2.24) is 5.32 Å². The molecule has 1 N–H and O–H groups in total. The van der Waals surface area contributed by atoms with E-state index in [1.54, 1.807) is 0 Å². The molecule has 0 saturated heterocycles. The molecule has 0 aliphatic rings. The van der Waals surface area contributed by atoms with E-state index in [0.717, 1.165) is 26.1 Å². The van der Waals surface area contributed by atoms with Crippen molar-refractivity contribution in [2.75, 3.05) is 19.7 Å². The summed E-state index contributed by atoms with van der Waals surface area (Å²) in [7, 11) is 0. The molecule has 20 heavy (non-hydrogen) atoms. The van der Waals surface area contributed by atoms with Crippen LogP contribution in [0.5, 0.6) is 0 Å². The van der Waals surface area contributed by atoms with Crippen LogP contribution in [-0.2, 0) is 4.74 Å². The molecule has 0 amide bonds. The summed E-state index contributed by atoms with van der Waals surface area (Å²) in [5, 5.41) is 3.49. The molecule has 0 fully saturated rings. The Morgan fingerprint density at radius 1 is 1.05 bits per heavy atom. The molecule has 1 aromatic rings. The SMILES string of the molecule is CC(C)CNCC(CCOC(C)C)c1ccc(F)cc1. The van der Waals surface area contributed by atoms with Crippen LogP contribution in [-0.4, -0.2) is 25.8 Å². The topological polar surface area (TPSA) is 21.3 Å². The van der Waals surface area contributed by atoms with Gasteiger partial charge in [-0.3, -0.25) is 0 Å². The van der Waals surface area contributed by atoms with E-state index >= 15 is 0 Å². The molecule has 0 aromatic heterocycles. The maximum absolute atomic E-state index is 13.0. The van der Waals surface area contributed by atoms with E-state index in [1.165, 1.54) is 17.7 Å². The van der Waals surface area contributed by atoms with Gasteiger partial charge in [0.15, 0.2) is 0 Å². The van der Waals surface area contributed by atoms with Crippen LogP contribution in [0.3, 0.4) is 0 Å². The molecule has 0 aliphatic heterocycles. The van der Waals surface area contributed by atoms with Crippen LogP contribution in [0.4, 0.5) is 4.39 Å². The van der Waals surface area contributed by atoms with Crippen LogP contribution in [0.15, 0.2) is 24.3 Å². The van der Waals surface area contributed by atoms with E-state index in [4.69, 9.17) is 4.74 Å². The summed E-state index contributed by atoms with van der Waals surface area (Å²) in [6.45, 7) is 11.1. The fourth-order valence-corrected chi connectivity index (χ4v) is 2.11. The van der Waals surface area contributed by atoms with Crippen molar-refractivity contribution in [1.29, 1.82) is 0 Å². The Morgan fingerprint density at radius 3 is 2.25 bits per heavy atom. The first-order valence-electron chi connectivity index (χ1n) is 7.56. The van der Waals surface area contributed by atoms with Gasteiger partial charge >= 0.3 is 0 Å². The molecule has 114 valence electrons. The predicted octanol–water partition coefficient (Wildman–Crippen LogP) is 3.97. The van der Waals surface area contributed by atoms with Gasteiger partial charge in [-0.1, -0.05) is 26.0 Å². The average Bonchev–Trinajstić information content (AvgIpc) is 2.37. The van der Waals surface area contributed by atoms with Gasteiger partial charge in [0.1, 0.15) is 5.82 Å².